The third-order valence-corrected chi connectivity index (χ3v) is 11.3. The fraction of sp³-hybridized carbons (Fsp3) is 0.667. The molecule has 3 saturated carbocycles. The molecule has 2 unspecified atom stereocenters. The minimum atomic E-state index is -3.91. The molecular weight excluding hydrogens is 555 g/mol. The molecule has 0 spiro atoms. The van der Waals surface area contributed by atoms with Gasteiger partial charge in [0.25, 0.3) is 10.1 Å². The van der Waals surface area contributed by atoms with Gasteiger partial charge in [0.1, 0.15) is 18.4 Å². The van der Waals surface area contributed by atoms with Crippen LogP contribution < -0.4 is 0 Å². The van der Waals surface area contributed by atoms with Gasteiger partial charge in [-0.3, -0.25) is 13.8 Å². The minimum absolute atomic E-state index is 0.0518. The van der Waals surface area contributed by atoms with E-state index in [1.807, 2.05) is 0 Å². The van der Waals surface area contributed by atoms with Crippen LogP contribution in [0, 0.1) is 22.7 Å². The Morgan fingerprint density at radius 1 is 1.17 bits per heavy atom. The number of ketones is 2. The van der Waals surface area contributed by atoms with Gasteiger partial charge < -0.3 is 20.1 Å². The highest BCUT2D eigenvalue weighted by Gasteiger charge is 2.76. The van der Waals surface area contributed by atoms with E-state index in [0.717, 1.165) is 6.26 Å². The average molecular weight is 595 g/mol. The van der Waals surface area contributed by atoms with Crippen molar-refractivity contribution in [2.75, 3.05) is 19.5 Å². The number of ether oxygens (including phenoxy) is 1. The second kappa shape index (κ2) is 10.3. The van der Waals surface area contributed by atoms with Crippen molar-refractivity contribution in [3.63, 3.8) is 0 Å². The van der Waals surface area contributed by atoms with E-state index in [9.17, 15) is 33.3 Å². The molecule has 3 N–H and O–H groups in total. The number of aliphatic hydroxyl groups excluding tert-OH is 2. The number of allylic oxidation sites excluding steroid dienone is 1. The number of hydrogen-bond donors (Lipinski definition) is 3. The molecule has 0 amide bonds. The summed E-state index contributed by atoms with van der Waals surface area (Å²) in [4.78, 5) is 25.5. The van der Waals surface area contributed by atoms with E-state index in [1.54, 1.807) is 44.2 Å². The van der Waals surface area contributed by atoms with Crippen LogP contribution in [-0.4, -0.2) is 78.3 Å². The quantitative estimate of drug-likeness (QED) is 0.386. The van der Waals surface area contributed by atoms with E-state index in [2.05, 4.69) is 0 Å². The number of benzene rings is 1. The highest BCUT2D eigenvalue weighted by atomic mass is 32.2. The van der Waals surface area contributed by atoms with E-state index in [4.69, 9.17) is 8.92 Å². The molecular formula is C30H39FO9S. The van der Waals surface area contributed by atoms with Crippen molar-refractivity contribution in [2.24, 2.45) is 22.7 Å². The summed E-state index contributed by atoms with van der Waals surface area (Å²) in [5, 5.41) is 33.6. The summed E-state index contributed by atoms with van der Waals surface area (Å²) in [5.74, 6) is -2.33. The molecule has 0 radical (unpaired) electrons. The van der Waals surface area contributed by atoms with Crippen LogP contribution in [0.3, 0.4) is 0 Å². The van der Waals surface area contributed by atoms with E-state index < -0.39 is 74.8 Å². The lowest BCUT2D eigenvalue weighted by Crippen LogP contribution is -2.70. The molecule has 41 heavy (non-hydrogen) atoms. The van der Waals surface area contributed by atoms with Crippen molar-refractivity contribution in [2.45, 2.75) is 82.0 Å². The molecule has 4 aliphatic rings. The number of carbonyl (C=O) groups excluding carboxylic acids is 2. The zero-order valence-electron chi connectivity index (χ0n) is 23.6. The molecule has 5 rings (SSSR count). The smallest absolute Gasteiger partial charge is 0.265 e. The Morgan fingerprint density at radius 3 is 2.49 bits per heavy atom. The third-order valence-electron chi connectivity index (χ3n) is 10.7. The van der Waals surface area contributed by atoms with Crippen LogP contribution in [0.1, 0.15) is 64.0 Å². The highest BCUT2D eigenvalue weighted by molar-refractivity contribution is 7.86. The minimum Gasteiger partial charge on any atom is -0.390 e. The van der Waals surface area contributed by atoms with Crippen LogP contribution in [0.5, 0.6) is 0 Å². The van der Waals surface area contributed by atoms with Gasteiger partial charge in [-0.25, -0.2) is 4.39 Å². The van der Waals surface area contributed by atoms with Gasteiger partial charge >= 0.3 is 0 Å². The monoisotopic (exact) mass is 594 g/mol. The summed E-state index contributed by atoms with van der Waals surface area (Å²) in [7, 11) is -3.91. The normalized spacial score (nSPS) is 41.1. The number of Topliss-reactive ketones (excluding diaryl/α,β-unsaturated/α-hetero) is 1. The Bertz CT molecular complexity index is 1350. The van der Waals surface area contributed by atoms with Crippen molar-refractivity contribution in [1.82, 2.24) is 0 Å². The van der Waals surface area contributed by atoms with Gasteiger partial charge in [-0.15, -0.1) is 0 Å². The summed E-state index contributed by atoms with van der Waals surface area (Å²) < 4.78 is 53.0. The van der Waals surface area contributed by atoms with Gasteiger partial charge in [-0.1, -0.05) is 49.8 Å². The third kappa shape index (κ3) is 4.55. The Labute approximate surface area is 239 Å². The summed E-state index contributed by atoms with van der Waals surface area (Å²) in [5.41, 5.74) is -5.62. The van der Waals surface area contributed by atoms with Crippen LogP contribution in [0.15, 0.2) is 42.0 Å². The van der Waals surface area contributed by atoms with Crippen LogP contribution in [-0.2, 0) is 28.6 Å². The lowest BCUT2D eigenvalue weighted by molar-refractivity contribution is -0.232. The van der Waals surface area contributed by atoms with Crippen LogP contribution in [0.25, 0.3) is 0 Å². The number of aliphatic hydroxyl groups is 3. The van der Waals surface area contributed by atoms with Crippen molar-refractivity contribution in [3.05, 3.63) is 47.5 Å². The van der Waals surface area contributed by atoms with Crippen molar-refractivity contribution in [3.8, 4) is 0 Å². The first kappa shape index (κ1) is 30.4. The predicted octanol–water partition coefficient (Wildman–Crippen LogP) is 2.59. The maximum absolute atomic E-state index is 17.5. The lowest BCUT2D eigenvalue weighted by Gasteiger charge is -2.63. The number of rotatable bonds is 8. The number of hydrogen-bond acceptors (Lipinski definition) is 9. The highest BCUT2D eigenvalue weighted by Crippen LogP contribution is 2.70. The van der Waals surface area contributed by atoms with Crippen LogP contribution in [0.4, 0.5) is 4.39 Å². The molecule has 0 heterocycles. The second-order valence-corrected chi connectivity index (χ2v) is 14.3. The lowest BCUT2D eigenvalue weighted by atomic mass is 9.44. The summed E-state index contributed by atoms with van der Waals surface area (Å²) in [6.45, 7) is 2.06. The van der Waals surface area contributed by atoms with E-state index in [1.165, 1.54) is 6.08 Å². The van der Waals surface area contributed by atoms with Crippen LogP contribution in [0.2, 0.25) is 0 Å². The molecule has 0 saturated heterocycles. The molecule has 1 aromatic rings. The maximum atomic E-state index is 17.5. The fourth-order valence-corrected chi connectivity index (χ4v) is 9.22. The Morgan fingerprint density at radius 2 is 1.85 bits per heavy atom. The van der Waals surface area contributed by atoms with Gasteiger partial charge in [0.2, 0.25) is 0 Å². The first-order chi connectivity index (χ1) is 19.1. The van der Waals surface area contributed by atoms with Gasteiger partial charge in [0, 0.05) is 23.2 Å². The Hall–Kier alpha value is -2.02. The molecule has 226 valence electrons. The number of halogens is 1. The number of carbonyl (C=O) groups is 2. The molecule has 11 heteroatoms. The first-order valence-corrected chi connectivity index (χ1v) is 16.0. The van der Waals surface area contributed by atoms with E-state index in [0.29, 0.717) is 24.0 Å². The zero-order chi connectivity index (χ0) is 30.0. The van der Waals surface area contributed by atoms with Crippen LogP contribution >= 0.6 is 0 Å². The topological polar surface area (TPSA) is 147 Å². The standard InChI is InChI=1S/C30H39FO9S/c1-27-12-11-20(33)13-19(27)9-10-21-22-14-26(39-17-23(40-41(3,37)38)18-7-5-4-6-8-18)30(36,25(35)16-32)28(22,2)15-24(34)29(21,27)31/h4-8,13,21-24,26,32,34,36H,9-12,14-17H2,1-3H3/t21-,22-,23?,24-,26+,27-,28-,29?,30+/m0/s1. The average Bonchev–Trinajstić information content (AvgIpc) is 3.14. The Balaban J connectivity index is 1.51. The zero-order valence-corrected chi connectivity index (χ0v) is 24.4. The second-order valence-electron chi connectivity index (χ2n) is 12.7. The molecule has 4 aliphatic carbocycles. The molecule has 0 aromatic heterocycles. The van der Waals surface area contributed by atoms with Gasteiger partial charge in [0.05, 0.1) is 25.1 Å². The fourth-order valence-electron chi connectivity index (χ4n) is 8.63. The van der Waals surface area contributed by atoms with Gasteiger partial charge in [-0.05, 0) is 49.7 Å². The first-order valence-electron chi connectivity index (χ1n) is 14.1. The SMILES string of the molecule is C[C@]12CCC(=O)C=C1CC[C@H]1[C@@H]3C[C@@H](OCC(OS(C)(=O)=O)c4ccccc4)[C@](O)(C(=O)CO)[C@@]3(C)C[C@H](O)C12F. The molecule has 9 atom stereocenters. The van der Waals surface area contributed by atoms with E-state index in [-0.39, 0.29) is 38.1 Å². The number of alkyl halides is 1. The van der Waals surface area contributed by atoms with E-state index >= 15 is 4.39 Å². The van der Waals surface area contributed by atoms with Crippen molar-refractivity contribution < 1.29 is 46.6 Å². The summed E-state index contributed by atoms with van der Waals surface area (Å²) in [6.07, 6.45) is -0.441. The molecule has 3 fully saturated rings. The maximum Gasteiger partial charge on any atom is 0.265 e. The predicted molar refractivity (Wildman–Crippen MR) is 146 cm³/mol. The molecule has 0 aliphatic heterocycles. The largest absolute Gasteiger partial charge is 0.390 e. The number of fused-ring (bicyclic) bond motifs is 5. The van der Waals surface area contributed by atoms with Crippen molar-refractivity contribution >= 4 is 21.7 Å². The molecule has 9 nitrogen and oxygen atoms in total. The van der Waals surface area contributed by atoms with Gasteiger partial charge in [0.15, 0.2) is 17.2 Å². The molecule has 1 aromatic carbocycles. The van der Waals surface area contributed by atoms with Gasteiger partial charge in [-0.2, -0.15) is 8.42 Å². The Kier molecular flexibility index (Phi) is 7.65. The summed E-state index contributed by atoms with van der Waals surface area (Å²) in [6, 6.07) is 8.49. The van der Waals surface area contributed by atoms with Crippen molar-refractivity contribution in [1.29, 1.82) is 0 Å². The summed E-state index contributed by atoms with van der Waals surface area (Å²) >= 11 is 0. The molecule has 0 bridgehead atoms.